The molecule has 0 amide bonds. The number of nitrogens with two attached hydrogens (primary N) is 1. The lowest BCUT2D eigenvalue weighted by Gasteiger charge is -1.90. The monoisotopic (exact) mass is 239 g/mol. The Balaban J connectivity index is 0.000000134. The SMILES string of the molecule is Nc1cccc(C=O)c1.c1ccc2[nH]ncc2c1. The lowest BCUT2D eigenvalue weighted by Crippen LogP contribution is -1.85. The zero-order valence-electron chi connectivity index (χ0n) is 9.71. The first-order valence-electron chi connectivity index (χ1n) is 5.48. The standard InChI is InChI=1S/C7H6N2.C7H7NO/c1-2-4-7-6(3-1)5-8-9-7;8-7-3-1-2-6(4-7)5-9/h1-5H,(H,8,9);1-5H,8H2. The van der Waals surface area contributed by atoms with Crippen LogP contribution in [-0.2, 0) is 0 Å². The van der Waals surface area contributed by atoms with Gasteiger partial charge in [-0.05, 0) is 18.2 Å². The number of aromatic nitrogens is 2. The van der Waals surface area contributed by atoms with E-state index in [0.717, 1.165) is 17.2 Å². The lowest BCUT2D eigenvalue weighted by molar-refractivity contribution is 0.112. The fraction of sp³-hybridized carbons (Fsp3) is 0. The van der Waals surface area contributed by atoms with Gasteiger partial charge < -0.3 is 5.73 Å². The van der Waals surface area contributed by atoms with Crippen LogP contribution in [0, 0.1) is 0 Å². The smallest absolute Gasteiger partial charge is 0.150 e. The third kappa shape index (κ3) is 2.95. The van der Waals surface area contributed by atoms with Crippen molar-refractivity contribution >= 4 is 22.9 Å². The molecule has 1 aromatic heterocycles. The van der Waals surface area contributed by atoms with E-state index in [4.69, 9.17) is 5.73 Å². The number of nitrogens with zero attached hydrogens (tertiary/aromatic N) is 1. The molecular weight excluding hydrogens is 226 g/mol. The van der Waals surface area contributed by atoms with Gasteiger partial charge in [0.1, 0.15) is 6.29 Å². The molecule has 2 aromatic carbocycles. The Hall–Kier alpha value is -2.62. The highest BCUT2D eigenvalue weighted by Gasteiger charge is 1.88. The number of fused-ring (bicyclic) bond motifs is 1. The second-order valence-electron chi connectivity index (χ2n) is 3.75. The van der Waals surface area contributed by atoms with E-state index in [-0.39, 0.29) is 0 Å². The van der Waals surface area contributed by atoms with Crippen LogP contribution in [-0.4, -0.2) is 16.5 Å². The second-order valence-corrected chi connectivity index (χ2v) is 3.75. The number of hydrogen-bond acceptors (Lipinski definition) is 3. The highest BCUT2D eigenvalue weighted by molar-refractivity contribution is 5.77. The van der Waals surface area contributed by atoms with Crippen LogP contribution in [0.3, 0.4) is 0 Å². The molecule has 0 saturated carbocycles. The van der Waals surface area contributed by atoms with Gasteiger partial charge >= 0.3 is 0 Å². The quantitative estimate of drug-likeness (QED) is 0.506. The first-order valence-corrected chi connectivity index (χ1v) is 5.48. The summed E-state index contributed by atoms with van der Waals surface area (Å²) >= 11 is 0. The summed E-state index contributed by atoms with van der Waals surface area (Å²) in [5, 5.41) is 7.91. The molecule has 3 aromatic rings. The van der Waals surface area contributed by atoms with E-state index < -0.39 is 0 Å². The van der Waals surface area contributed by atoms with E-state index in [1.807, 2.05) is 30.5 Å². The van der Waals surface area contributed by atoms with E-state index in [0.29, 0.717) is 11.3 Å². The number of para-hydroxylation sites is 1. The first kappa shape index (κ1) is 11.9. The van der Waals surface area contributed by atoms with Gasteiger partial charge in [0.2, 0.25) is 0 Å². The minimum Gasteiger partial charge on any atom is -0.399 e. The molecule has 0 aliphatic heterocycles. The van der Waals surface area contributed by atoms with Crippen LogP contribution in [0.4, 0.5) is 5.69 Å². The van der Waals surface area contributed by atoms with Gasteiger partial charge in [-0.25, -0.2) is 0 Å². The second kappa shape index (κ2) is 5.63. The number of aromatic amines is 1. The van der Waals surface area contributed by atoms with Crippen molar-refractivity contribution in [2.24, 2.45) is 0 Å². The van der Waals surface area contributed by atoms with Crippen molar-refractivity contribution in [3.05, 3.63) is 60.3 Å². The van der Waals surface area contributed by atoms with Crippen LogP contribution in [0.25, 0.3) is 10.9 Å². The van der Waals surface area contributed by atoms with Crippen molar-refractivity contribution < 1.29 is 4.79 Å². The molecule has 4 heteroatoms. The number of benzene rings is 2. The van der Waals surface area contributed by atoms with Crippen LogP contribution in [0.2, 0.25) is 0 Å². The summed E-state index contributed by atoms with van der Waals surface area (Å²) in [7, 11) is 0. The minimum atomic E-state index is 0.620. The molecule has 18 heavy (non-hydrogen) atoms. The Bertz CT molecular complexity index is 616. The van der Waals surface area contributed by atoms with Crippen molar-refractivity contribution in [1.29, 1.82) is 0 Å². The highest BCUT2D eigenvalue weighted by atomic mass is 16.1. The number of rotatable bonds is 1. The number of H-pyrrole nitrogens is 1. The van der Waals surface area contributed by atoms with Crippen LogP contribution < -0.4 is 5.73 Å². The van der Waals surface area contributed by atoms with E-state index in [9.17, 15) is 4.79 Å². The molecule has 0 fully saturated rings. The summed E-state index contributed by atoms with van der Waals surface area (Å²) in [6.45, 7) is 0. The molecule has 0 saturated heterocycles. The van der Waals surface area contributed by atoms with Gasteiger partial charge in [0.05, 0.1) is 11.7 Å². The Kier molecular flexibility index (Phi) is 3.71. The maximum absolute atomic E-state index is 10.1. The van der Waals surface area contributed by atoms with Gasteiger partial charge in [-0.1, -0.05) is 30.3 Å². The van der Waals surface area contributed by atoms with E-state index in [1.54, 1.807) is 24.3 Å². The molecular formula is C14H13N3O. The Morgan fingerprint density at radius 1 is 1.11 bits per heavy atom. The molecule has 3 N–H and O–H groups in total. The third-order valence-corrected chi connectivity index (χ3v) is 2.40. The Morgan fingerprint density at radius 2 is 1.94 bits per heavy atom. The van der Waals surface area contributed by atoms with Crippen LogP contribution in [0.15, 0.2) is 54.7 Å². The fourth-order valence-corrected chi connectivity index (χ4v) is 1.52. The van der Waals surface area contributed by atoms with E-state index >= 15 is 0 Å². The van der Waals surface area contributed by atoms with Gasteiger partial charge in [-0.15, -0.1) is 0 Å². The summed E-state index contributed by atoms with van der Waals surface area (Å²) in [4.78, 5) is 10.1. The van der Waals surface area contributed by atoms with E-state index in [1.165, 1.54) is 0 Å². The summed E-state index contributed by atoms with van der Waals surface area (Å²) in [6.07, 6.45) is 2.59. The molecule has 0 atom stereocenters. The van der Waals surface area contributed by atoms with Gasteiger partial charge in [0, 0.05) is 16.6 Å². The zero-order valence-corrected chi connectivity index (χ0v) is 9.71. The minimum absolute atomic E-state index is 0.620. The van der Waals surface area contributed by atoms with Crippen LogP contribution >= 0.6 is 0 Å². The van der Waals surface area contributed by atoms with Crippen molar-refractivity contribution in [2.75, 3.05) is 5.73 Å². The number of aldehydes is 1. The molecule has 0 aliphatic rings. The van der Waals surface area contributed by atoms with Crippen molar-refractivity contribution in [1.82, 2.24) is 10.2 Å². The van der Waals surface area contributed by atoms with Gasteiger partial charge in [-0.3, -0.25) is 9.89 Å². The molecule has 3 rings (SSSR count). The van der Waals surface area contributed by atoms with Crippen LogP contribution in [0.1, 0.15) is 10.4 Å². The topological polar surface area (TPSA) is 71.8 Å². The van der Waals surface area contributed by atoms with Crippen molar-refractivity contribution in [2.45, 2.75) is 0 Å². The van der Waals surface area contributed by atoms with Crippen LogP contribution in [0.5, 0.6) is 0 Å². The number of anilines is 1. The molecule has 0 aliphatic carbocycles. The predicted octanol–water partition coefficient (Wildman–Crippen LogP) is 2.64. The van der Waals surface area contributed by atoms with Crippen molar-refractivity contribution in [3.8, 4) is 0 Å². The predicted molar refractivity (Wildman–Crippen MR) is 72.3 cm³/mol. The van der Waals surface area contributed by atoms with Gasteiger partial charge in [0.25, 0.3) is 0 Å². The maximum Gasteiger partial charge on any atom is 0.150 e. The third-order valence-electron chi connectivity index (χ3n) is 2.40. The lowest BCUT2D eigenvalue weighted by atomic mass is 10.2. The van der Waals surface area contributed by atoms with E-state index in [2.05, 4.69) is 10.2 Å². The molecule has 4 nitrogen and oxygen atoms in total. The Morgan fingerprint density at radius 3 is 2.61 bits per heavy atom. The fourth-order valence-electron chi connectivity index (χ4n) is 1.52. The van der Waals surface area contributed by atoms with Crippen molar-refractivity contribution in [3.63, 3.8) is 0 Å². The summed E-state index contributed by atoms with van der Waals surface area (Å²) in [6, 6.07) is 14.8. The average Bonchev–Trinajstić information content (AvgIpc) is 2.87. The zero-order chi connectivity index (χ0) is 12.8. The summed E-state index contributed by atoms with van der Waals surface area (Å²) in [5.41, 5.74) is 7.72. The molecule has 1 heterocycles. The number of nitrogens with one attached hydrogen (secondary N) is 1. The number of carbonyl (C=O) groups excluding carboxylic acids is 1. The maximum atomic E-state index is 10.1. The largest absolute Gasteiger partial charge is 0.399 e. The molecule has 0 spiro atoms. The van der Waals surface area contributed by atoms with Gasteiger partial charge in [0.15, 0.2) is 0 Å². The number of nitrogen functional groups attached to an aromatic ring is 1. The molecule has 0 bridgehead atoms. The Labute approximate surface area is 104 Å². The number of carbonyl (C=O) groups is 1. The number of hydrogen-bond donors (Lipinski definition) is 2. The highest BCUT2D eigenvalue weighted by Crippen LogP contribution is 2.07. The first-order chi connectivity index (χ1) is 8.79. The van der Waals surface area contributed by atoms with Gasteiger partial charge in [-0.2, -0.15) is 5.10 Å². The molecule has 0 radical (unpaired) electrons. The summed E-state index contributed by atoms with van der Waals surface area (Å²) in [5.74, 6) is 0. The normalized spacial score (nSPS) is 9.56. The average molecular weight is 239 g/mol. The summed E-state index contributed by atoms with van der Waals surface area (Å²) < 4.78 is 0. The molecule has 90 valence electrons. The molecule has 0 unspecified atom stereocenters.